The van der Waals surface area contributed by atoms with Gasteiger partial charge in [0.2, 0.25) is 6.79 Å². The Hall–Kier alpha value is -2.11. The van der Waals surface area contributed by atoms with Crippen LogP contribution in [-0.2, 0) is 13.1 Å². The zero-order chi connectivity index (χ0) is 15.5. The van der Waals surface area contributed by atoms with Crippen molar-refractivity contribution in [2.24, 2.45) is 0 Å². The van der Waals surface area contributed by atoms with Crippen LogP contribution in [-0.4, -0.2) is 47.8 Å². The van der Waals surface area contributed by atoms with Gasteiger partial charge in [0.05, 0.1) is 0 Å². The van der Waals surface area contributed by atoms with Crippen molar-refractivity contribution in [2.75, 3.05) is 33.0 Å². The molecule has 0 aliphatic carbocycles. The molecule has 0 unspecified atom stereocenters. The van der Waals surface area contributed by atoms with Crippen LogP contribution in [0.3, 0.4) is 0 Å². The number of hydrogen-bond donors (Lipinski definition) is 0. The predicted octanol–water partition coefficient (Wildman–Crippen LogP) is 2.13. The average Bonchev–Trinajstić information content (AvgIpc) is 3.05. The third-order valence-electron chi connectivity index (χ3n) is 4.46. The monoisotopic (exact) mass is 311 g/mol. The predicted molar refractivity (Wildman–Crippen MR) is 87.4 cm³/mol. The zero-order valence-corrected chi connectivity index (χ0v) is 13.1. The summed E-state index contributed by atoms with van der Waals surface area (Å²) >= 11 is 0. The van der Waals surface area contributed by atoms with Gasteiger partial charge in [-0.2, -0.15) is 0 Å². The standard InChI is InChI=1S/C18H21N3O2/c1-2-17-18(23-14-22-17)11-16(1)13-21-9-7-20(8-10-21)12-15-3-5-19-6-4-15/h1-6,11H,7-10,12-14H2. The SMILES string of the molecule is c1cc(CN2CCN(Cc3ccc4c(c3)OCO4)CC2)ccn1. The molecule has 0 radical (unpaired) electrons. The summed E-state index contributed by atoms with van der Waals surface area (Å²) in [6, 6.07) is 10.4. The molecule has 0 saturated carbocycles. The van der Waals surface area contributed by atoms with Gasteiger partial charge in [-0.1, -0.05) is 6.07 Å². The quantitative estimate of drug-likeness (QED) is 0.865. The van der Waals surface area contributed by atoms with Crippen molar-refractivity contribution >= 4 is 0 Å². The highest BCUT2D eigenvalue weighted by atomic mass is 16.7. The van der Waals surface area contributed by atoms with Crippen LogP contribution in [0.25, 0.3) is 0 Å². The van der Waals surface area contributed by atoms with Crippen LogP contribution in [0.4, 0.5) is 0 Å². The average molecular weight is 311 g/mol. The summed E-state index contributed by atoms with van der Waals surface area (Å²) in [5.41, 5.74) is 2.63. The highest BCUT2D eigenvalue weighted by Gasteiger charge is 2.19. The maximum absolute atomic E-state index is 5.46. The second-order valence-electron chi connectivity index (χ2n) is 6.10. The first kappa shape index (κ1) is 14.5. The molecule has 0 atom stereocenters. The lowest BCUT2D eigenvalue weighted by Gasteiger charge is -2.34. The molecule has 3 heterocycles. The van der Waals surface area contributed by atoms with Crippen LogP contribution in [0.15, 0.2) is 42.7 Å². The van der Waals surface area contributed by atoms with Gasteiger partial charge in [-0.3, -0.25) is 14.8 Å². The molecule has 1 aromatic heterocycles. The smallest absolute Gasteiger partial charge is 0.231 e. The summed E-state index contributed by atoms with van der Waals surface area (Å²) in [7, 11) is 0. The number of hydrogen-bond acceptors (Lipinski definition) is 5. The second-order valence-corrected chi connectivity index (χ2v) is 6.10. The van der Waals surface area contributed by atoms with E-state index >= 15 is 0 Å². The van der Waals surface area contributed by atoms with Gasteiger partial charge in [-0.15, -0.1) is 0 Å². The first-order valence-electron chi connectivity index (χ1n) is 8.09. The summed E-state index contributed by atoms with van der Waals surface area (Å²) in [5, 5.41) is 0. The lowest BCUT2D eigenvalue weighted by atomic mass is 10.1. The molecule has 120 valence electrons. The van der Waals surface area contributed by atoms with Gasteiger partial charge in [-0.05, 0) is 35.4 Å². The maximum atomic E-state index is 5.46. The van der Waals surface area contributed by atoms with Gasteiger partial charge in [-0.25, -0.2) is 0 Å². The molecule has 0 N–H and O–H groups in total. The highest BCUT2D eigenvalue weighted by Crippen LogP contribution is 2.32. The molecule has 0 spiro atoms. The number of piperazine rings is 1. The van der Waals surface area contributed by atoms with E-state index < -0.39 is 0 Å². The minimum atomic E-state index is 0.340. The zero-order valence-electron chi connectivity index (χ0n) is 13.1. The Morgan fingerprint density at radius 1 is 0.783 bits per heavy atom. The third kappa shape index (κ3) is 3.46. The first-order chi connectivity index (χ1) is 11.4. The number of benzene rings is 1. The molecule has 5 nitrogen and oxygen atoms in total. The fourth-order valence-corrected chi connectivity index (χ4v) is 3.15. The van der Waals surface area contributed by atoms with Crippen LogP contribution in [0, 0.1) is 0 Å². The Morgan fingerprint density at radius 3 is 2.17 bits per heavy atom. The molecule has 2 aromatic rings. The Kier molecular flexibility index (Phi) is 4.13. The minimum Gasteiger partial charge on any atom is -0.454 e. The molecule has 2 aliphatic rings. The molecule has 2 aliphatic heterocycles. The van der Waals surface area contributed by atoms with Gasteiger partial charge in [0, 0.05) is 51.7 Å². The van der Waals surface area contributed by atoms with Crippen molar-refractivity contribution in [3.05, 3.63) is 53.9 Å². The van der Waals surface area contributed by atoms with Crippen LogP contribution >= 0.6 is 0 Å². The minimum absolute atomic E-state index is 0.340. The number of pyridine rings is 1. The fourth-order valence-electron chi connectivity index (χ4n) is 3.15. The van der Waals surface area contributed by atoms with E-state index in [1.54, 1.807) is 0 Å². The summed E-state index contributed by atoms with van der Waals surface area (Å²) in [5.74, 6) is 1.73. The van der Waals surface area contributed by atoms with Crippen molar-refractivity contribution in [3.63, 3.8) is 0 Å². The lowest BCUT2D eigenvalue weighted by Crippen LogP contribution is -2.45. The van der Waals surface area contributed by atoms with E-state index in [0.29, 0.717) is 6.79 Å². The van der Waals surface area contributed by atoms with E-state index in [4.69, 9.17) is 9.47 Å². The lowest BCUT2D eigenvalue weighted by molar-refractivity contribution is 0.122. The molecular formula is C18H21N3O2. The number of nitrogens with zero attached hydrogens (tertiary/aromatic N) is 3. The Balaban J connectivity index is 1.30. The topological polar surface area (TPSA) is 37.8 Å². The number of aromatic nitrogens is 1. The first-order valence-corrected chi connectivity index (χ1v) is 8.09. The van der Waals surface area contributed by atoms with Crippen molar-refractivity contribution in [1.82, 2.24) is 14.8 Å². The van der Waals surface area contributed by atoms with Crippen molar-refractivity contribution < 1.29 is 9.47 Å². The van der Waals surface area contributed by atoms with Crippen LogP contribution in [0.2, 0.25) is 0 Å². The van der Waals surface area contributed by atoms with E-state index in [-0.39, 0.29) is 0 Å². The molecule has 4 rings (SSSR count). The molecule has 0 amide bonds. The van der Waals surface area contributed by atoms with Gasteiger partial charge in [0.1, 0.15) is 0 Å². The molecule has 1 aromatic carbocycles. The normalized spacial score (nSPS) is 18.3. The summed E-state index contributed by atoms with van der Waals surface area (Å²) in [4.78, 5) is 9.08. The van der Waals surface area contributed by atoms with Crippen LogP contribution in [0.5, 0.6) is 11.5 Å². The summed E-state index contributed by atoms with van der Waals surface area (Å²) in [6.45, 7) is 6.73. The van der Waals surface area contributed by atoms with E-state index in [9.17, 15) is 0 Å². The van der Waals surface area contributed by atoms with Gasteiger partial charge < -0.3 is 9.47 Å². The number of fused-ring (bicyclic) bond motifs is 1. The molecule has 5 heteroatoms. The molecule has 1 fully saturated rings. The Bertz CT molecular complexity index is 655. The molecule has 23 heavy (non-hydrogen) atoms. The Labute approximate surface area is 136 Å². The molecule has 1 saturated heterocycles. The number of rotatable bonds is 4. The van der Waals surface area contributed by atoms with Gasteiger partial charge >= 0.3 is 0 Å². The third-order valence-corrected chi connectivity index (χ3v) is 4.46. The van der Waals surface area contributed by atoms with E-state index in [0.717, 1.165) is 50.8 Å². The second kappa shape index (κ2) is 6.56. The summed E-state index contributed by atoms with van der Waals surface area (Å²) < 4.78 is 10.8. The van der Waals surface area contributed by atoms with E-state index in [1.165, 1.54) is 11.1 Å². The molecular weight excluding hydrogens is 290 g/mol. The van der Waals surface area contributed by atoms with Crippen molar-refractivity contribution in [1.29, 1.82) is 0 Å². The van der Waals surface area contributed by atoms with Crippen LogP contribution < -0.4 is 9.47 Å². The highest BCUT2D eigenvalue weighted by molar-refractivity contribution is 5.44. The Morgan fingerprint density at radius 2 is 1.43 bits per heavy atom. The summed E-state index contributed by atoms with van der Waals surface area (Å²) in [6.07, 6.45) is 3.73. The van der Waals surface area contributed by atoms with Gasteiger partial charge in [0.25, 0.3) is 0 Å². The van der Waals surface area contributed by atoms with Crippen molar-refractivity contribution in [3.8, 4) is 11.5 Å². The fraction of sp³-hybridized carbons (Fsp3) is 0.389. The van der Waals surface area contributed by atoms with Crippen molar-refractivity contribution in [2.45, 2.75) is 13.1 Å². The number of ether oxygens (including phenoxy) is 2. The largest absolute Gasteiger partial charge is 0.454 e. The van der Waals surface area contributed by atoms with E-state index in [2.05, 4.69) is 39.0 Å². The molecule has 0 bridgehead atoms. The maximum Gasteiger partial charge on any atom is 0.231 e. The van der Waals surface area contributed by atoms with Gasteiger partial charge in [0.15, 0.2) is 11.5 Å². The van der Waals surface area contributed by atoms with E-state index in [1.807, 2.05) is 18.5 Å². The van der Waals surface area contributed by atoms with Crippen LogP contribution in [0.1, 0.15) is 11.1 Å².